The highest BCUT2D eigenvalue weighted by Crippen LogP contribution is 2.17. The number of carbonyl (C=O) groups excluding carboxylic acids is 1. The number of nitrogens with one attached hydrogen (secondary N) is 1. The summed E-state index contributed by atoms with van der Waals surface area (Å²) in [4.78, 5) is 13.8. The molecule has 3 rings (SSSR count). The molecule has 0 fully saturated rings. The smallest absolute Gasteiger partial charge is 0.246 e. The van der Waals surface area contributed by atoms with Gasteiger partial charge in [-0.25, -0.2) is 4.39 Å². The standard InChI is InChI=1S/C19H25FN4O2/c1-14-6-15(8-16(20)7-14)11-23-4-3-5-24-18(12-23)9-17(22-24)10-21-19(25)13-26-2/h6-9H,3-5,10-13H2,1-2H3,(H,21,25). The summed E-state index contributed by atoms with van der Waals surface area (Å²) in [5.41, 5.74) is 3.89. The number of benzene rings is 1. The summed E-state index contributed by atoms with van der Waals surface area (Å²) in [7, 11) is 1.49. The Morgan fingerprint density at radius 2 is 2.15 bits per heavy atom. The molecule has 2 heterocycles. The van der Waals surface area contributed by atoms with Crippen LogP contribution in [0.5, 0.6) is 0 Å². The van der Waals surface area contributed by atoms with Crippen LogP contribution in [0.1, 0.15) is 28.9 Å². The molecule has 0 bridgehead atoms. The van der Waals surface area contributed by atoms with Gasteiger partial charge in [0.05, 0.1) is 17.9 Å². The van der Waals surface area contributed by atoms with Crippen molar-refractivity contribution in [3.63, 3.8) is 0 Å². The van der Waals surface area contributed by atoms with Crippen molar-refractivity contribution in [1.82, 2.24) is 20.0 Å². The summed E-state index contributed by atoms with van der Waals surface area (Å²) < 4.78 is 20.4. The van der Waals surface area contributed by atoms with Crippen LogP contribution in [-0.4, -0.2) is 40.8 Å². The molecule has 1 aliphatic heterocycles. The van der Waals surface area contributed by atoms with Gasteiger partial charge in [-0.3, -0.25) is 14.4 Å². The molecule has 0 saturated heterocycles. The van der Waals surface area contributed by atoms with E-state index in [0.717, 1.165) is 48.6 Å². The molecule has 0 atom stereocenters. The van der Waals surface area contributed by atoms with Gasteiger partial charge in [0.1, 0.15) is 12.4 Å². The lowest BCUT2D eigenvalue weighted by molar-refractivity contribution is -0.124. The van der Waals surface area contributed by atoms with Crippen molar-refractivity contribution in [3.8, 4) is 0 Å². The number of amides is 1. The number of hydrogen-bond acceptors (Lipinski definition) is 4. The zero-order valence-electron chi connectivity index (χ0n) is 15.3. The van der Waals surface area contributed by atoms with Crippen molar-refractivity contribution in [3.05, 3.63) is 52.6 Å². The van der Waals surface area contributed by atoms with Crippen molar-refractivity contribution in [1.29, 1.82) is 0 Å². The van der Waals surface area contributed by atoms with Crippen LogP contribution in [0, 0.1) is 12.7 Å². The van der Waals surface area contributed by atoms with E-state index in [4.69, 9.17) is 4.74 Å². The third kappa shape index (κ3) is 4.89. The minimum Gasteiger partial charge on any atom is -0.375 e. The highest BCUT2D eigenvalue weighted by Gasteiger charge is 2.17. The van der Waals surface area contributed by atoms with Gasteiger partial charge in [-0.15, -0.1) is 0 Å². The van der Waals surface area contributed by atoms with E-state index in [1.165, 1.54) is 7.11 Å². The van der Waals surface area contributed by atoms with Gasteiger partial charge in [0.25, 0.3) is 0 Å². The van der Waals surface area contributed by atoms with Gasteiger partial charge < -0.3 is 10.1 Å². The Hall–Kier alpha value is -2.25. The monoisotopic (exact) mass is 360 g/mol. The molecule has 1 N–H and O–H groups in total. The van der Waals surface area contributed by atoms with Crippen molar-refractivity contribution in [2.45, 2.75) is 39.5 Å². The van der Waals surface area contributed by atoms with Crippen LogP contribution in [0.2, 0.25) is 0 Å². The van der Waals surface area contributed by atoms with E-state index in [0.29, 0.717) is 13.1 Å². The number of carbonyl (C=O) groups is 1. The van der Waals surface area contributed by atoms with Gasteiger partial charge in [0.2, 0.25) is 5.91 Å². The van der Waals surface area contributed by atoms with Gasteiger partial charge in [-0.1, -0.05) is 6.07 Å². The summed E-state index contributed by atoms with van der Waals surface area (Å²) in [5.74, 6) is -0.340. The van der Waals surface area contributed by atoms with Gasteiger partial charge >= 0.3 is 0 Å². The van der Waals surface area contributed by atoms with E-state index in [-0.39, 0.29) is 18.3 Å². The Kier molecular flexibility index (Phi) is 6.00. The molecule has 0 spiro atoms. The van der Waals surface area contributed by atoms with Crippen LogP contribution < -0.4 is 5.32 Å². The predicted octanol–water partition coefficient (Wildman–Crippen LogP) is 2.00. The number of ether oxygens (including phenoxy) is 1. The Labute approximate surface area is 152 Å². The lowest BCUT2D eigenvalue weighted by Crippen LogP contribution is -2.26. The first-order valence-electron chi connectivity index (χ1n) is 8.83. The highest BCUT2D eigenvalue weighted by molar-refractivity contribution is 5.77. The van der Waals surface area contributed by atoms with Crippen LogP contribution in [0.3, 0.4) is 0 Å². The number of hydrogen-bond donors (Lipinski definition) is 1. The second-order valence-electron chi connectivity index (χ2n) is 6.76. The molecule has 1 aromatic carbocycles. The third-order valence-corrected chi connectivity index (χ3v) is 4.39. The lowest BCUT2D eigenvalue weighted by atomic mass is 10.1. The molecule has 2 aromatic rings. The van der Waals surface area contributed by atoms with Crippen LogP contribution in [0.15, 0.2) is 24.3 Å². The fraction of sp³-hybridized carbons (Fsp3) is 0.474. The van der Waals surface area contributed by atoms with Crippen molar-refractivity contribution >= 4 is 5.91 Å². The number of halogens is 1. The fourth-order valence-corrected chi connectivity index (χ4v) is 3.34. The zero-order valence-corrected chi connectivity index (χ0v) is 15.3. The predicted molar refractivity (Wildman–Crippen MR) is 95.8 cm³/mol. The van der Waals surface area contributed by atoms with E-state index >= 15 is 0 Å². The highest BCUT2D eigenvalue weighted by atomic mass is 19.1. The maximum absolute atomic E-state index is 13.6. The average molecular weight is 360 g/mol. The molecule has 26 heavy (non-hydrogen) atoms. The van der Waals surface area contributed by atoms with E-state index in [1.807, 2.05) is 23.7 Å². The lowest BCUT2D eigenvalue weighted by Gasteiger charge is -2.19. The third-order valence-electron chi connectivity index (χ3n) is 4.39. The summed E-state index contributed by atoms with van der Waals surface area (Å²) in [6, 6.07) is 7.21. The molecule has 1 aromatic heterocycles. The summed E-state index contributed by atoms with van der Waals surface area (Å²) >= 11 is 0. The topological polar surface area (TPSA) is 59.4 Å². The van der Waals surface area contributed by atoms with Crippen LogP contribution >= 0.6 is 0 Å². The molecular weight excluding hydrogens is 335 g/mol. The molecule has 0 radical (unpaired) electrons. The van der Waals surface area contributed by atoms with Crippen LogP contribution in [-0.2, 0) is 35.7 Å². The summed E-state index contributed by atoms with van der Waals surface area (Å²) in [6.07, 6.45) is 0.985. The number of aryl methyl sites for hydroxylation is 2. The number of aromatic nitrogens is 2. The number of fused-ring (bicyclic) bond motifs is 1. The van der Waals surface area contributed by atoms with Gasteiger partial charge in [0.15, 0.2) is 0 Å². The van der Waals surface area contributed by atoms with E-state index < -0.39 is 0 Å². The van der Waals surface area contributed by atoms with Crippen LogP contribution in [0.4, 0.5) is 4.39 Å². The summed E-state index contributed by atoms with van der Waals surface area (Å²) in [5, 5.41) is 7.38. The second kappa shape index (κ2) is 8.42. The Balaban J connectivity index is 1.64. The zero-order chi connectivity index (χ0) is 18.5. The average Bonchev–Trinajstić information content (AvgIpc) is 2.85. The first kappa shape index (κ1) is 18.5. The molecule has 140 valence electrons. The SMILES string of the molecule is COCC(=O)NCc1cc2n(n1)CCCN(Cc1cc(C)cc(F)c1)C2. The van der Waals surface area contributed by atoms with E-state index in [2.05, 4.69) is 15.3 Å². The normalized spacial score (nSPS) is 14.7. The first-order valence-corrected chi connectivity index (χ1v) is 8.83. The molecule has 0 aliphatic carbocycles. The number of nitrogens with zero attached hydrogens (tertiary/aromatic N) is 3. The van der Waals surface area contributed by atoms with Crippen molar-refractivity contribution in [2.75, 3.05) is 20.3 Å². The van der Waals surface area contributed by atoms with Gasteiger partial charge in [-0.2, -0.15) is 5.10 Å². The van der Waals surface area contributed by atoms with Crippen LogP contribution in [0.25, 0.3) is 0 Å². The van der Waals surface area contributed by atoms with Gasteiger partial charge in [0, 0.05) is 33.3 Å². The molecule has 1 aliphatic rings. The Morgan fingerprint density at radius 1 is 1.31 bits per heavy atom. The molecule has 0 unspecified atom stereocenters. The van der Waals surface area contributed by atoms with E-state index in [9.17, 15) is 9.18 Å². The molecular formula is C19H25FN4O2. The largest absolute Gasteiger partial charge is 0.375 e. The quantitative estimate of drug-likeness (QED) is 0.856. The first-order chi connectivity index (χ1) is 12.5. The molecule has 0 saturated carbocycles. The minimum absolute atomic E-state index is 0.0500. The second-order valence-corrected chi connectivity index (χ2v) is 6.76. The van der Waals surface area contributed by atoms with Gasteiger partial charge in [-0.05, 0) is 42.7 Å². The van der Waals surface area contributed by atoms with Crippen molar-refractivity contribution < 1.29 is 13.9 Å². The Morgan fingerprint density at radius 3 is 2.92 bits per heavy atom. The van der Waals surface area contributed by atoms with E-state index in [1.54, 1.807) is 12.1 Å². The minimum atomic E-state index is -0.186. The number of rotatable bonds is 6. The molecule has 6 nitrogen and oxygen atoms in total. The fourth-order valence-electron chi connectivity index (χ4n) is 3.34. The summed E-state index contributed by atoms with van der Waals surface area (Å²) in [6.45, 7) is 5.62. The molecule has 7 heteroatoms. The maximum atomic E-state index is 13.6. The molecule has 1 amide bonds. The number of methoxy groups -OCH3 is 1. The Bertz CT molecular complexity index is 755. The maximum Gasteiger partial charge on any atom is 0.246 e. The van der Waals surface area contributed by atoms with Crippen molar-refractivity contribution in [2.24, 2.45) is 0 Å².